The first-order valence-electron chi connectivity index (χ1n) is 9.51. The molecule has 10 heteroatoms. The SMILES string of the molecule is O=C(Nc1cc(F)ccc1F)N1CCN(c2cnnc(N3CCOCC3)c2)CC1. The molecule has 1 aromatic carbocycles. The molecule has 2 amide bonds. The predicted octanol–water partition coefficient (Wildman–Crippen LogP) is 1.95. The Balaban J connectivity index is 1.35. The molecule has 0 aliphatic carbocycles. The number of halogens is 2. The molecule has 2 saturated heterocycles. The number of morpholine rings is 1. The summed E-state index contributed by atoms with van der Waals surface area (Å²) >= 11 is 0. The van der Waals surface area contributed by atoms with Gasteiger partial charge in [0.25, 0.3) is 0 Å². The molecule has 29 heavy (non-hydrogen) atoms. The molecule has 3 heterocycles. The van der Waals surface area contributed by atoms with E-state index in [1.165, 1.54) is 0 Å². The Kier molecular flexibility index (Phi) is 5.70. The van der Waals surface area contributed by atoms with Crippen LogP contribution in [0.5, 0.6) is 0 Å². The van der Waals surface area contributed by atoms with Gasteiger partial charge in [-0.3, -0.25) is 0 Å². The summed E-state index contributed by atoms with van der Waals surface area (Å²) in [7, 11) is 0. The first kappa shape index (κ1) is 19.3. The van der Waals surface area contributed by atoms with E-state index in [0.717, 1.165) is 42.8 Å². The first-order chi connectivity index (χ1) is 14.1. The van der Waals surface area contributed by atoms with E-state index in [4.69, 9.17) is 4.74 Å². The normalized spacial score (nSPS) is 17.4. The molecule has 0 saturated carbocycles. The number of nitrogens with one attached hydrogen (secondary N) is 1. The smallest absolute Gasteiger partial charge is 0.322 e. The highest BCUT2D eigenvalue weighted by Crippen LogP contribution is 2.22. The summed E-state index contributed by atoms with van der Waals surface area (Å²) in [5.41, 5.74) is 0.781. The third-order valence-electron chi connectivity index (χ3n) is 5.06. The highest BCUT2D eigenvalue weighted by molar-refractivity contribution is 5.89. The molecule has 0 unspecified atom stereocenters. The van der Waals surface area contributed by atoms with Crippen LogP contribution in [0.4, 0.5) is 30.8 Å². The van der Waals surface area contributed by atoms with Crippen LogP contribution in [0.1, 0.15) is 0 Å². The van der Waals surface area contributed by atoms with E-state index in [0.29, 0.717) is 39.4 Å². The quantitative estimate of drug-likeness (QED) is 0.843. The lowest BCUT2D eigenvalue weighted by Gasteiger charge is -2.36. The summed E-state index contributed by atoms with van der Waals surface area (Å²) in [4.78, 5) is 18.2. The number of rotatable bonds is 3. The molecule has 2 aliphatic heterocycles. The summed E-state index contributed by atoms with van der Waals surface area (Å²) in [6, 6.07) is 4.52. The Hall–Kier alpha value is -3.01. The number of anilines is 3. The Bertz CT molecular complexity index is 870. The molecule has 154 valence electrons. The van der Waals surface area contributed by atoms with Crippen molar-refractivity contribution in [3.8, 4) is 0 Å². The molecule has 8 nitrogen and oxygen atoms in total. The molecule has 1 N–H and O–H groups in total. The van der Waals surface area contributed by atoms with Crippen molar-refractivity contribution in [3.63, 3.8) is 0 Å². The average Bonchev–Trinajstić information content (AvgIpc) is 2.77. The third kappa shape index (κ3) is 4.53. The van der Waals surface area contributed by atoms with E-state index in [2.05, 4.69) is 25.3 Å². The number of benzene rings is 1. The topological polar surface area (TPSA) is 73.8 Å². The maximum absolute atomic E-state index is 13.7. The van der Waals surface area contributed by atoms with Gasteiger partial charge in [0.1, 0.15) is 11.6 Å². The van der Waals surface area contributed by atoms with Gasteiger partial charge in [0.15, 0.2) is 5.82 Å². The second-order valence-electron chi connectivity index (χ2n) is 6.90. The summed E-state index contributed by atoms with van der Waals surface area (Å²) in [6.07, 6.45) is 1.71. The minimum atomic E-state index is -0.670. The van der Waals surface area contributed by atoms with Crippen LogP contribution in [0.3, 0.4) is 0 Å². The van der Waals surface area contributed by atoms with E-state index in [1.54, 1.807) is 11.1 Å². The van der Waals surface area contributed by atoms with E-state index in [-0.39, 0.29) is 5.69 Å². The predicted molar refractivity (Wildman–Crippen MR) is 104 cm³/mol. The molecule has 0 atom stereocenters. The van der Waals surface area contributed by atoms with Crippen molar-refractivity contribution in [1.82, 2.24) is 15.1 Å². The molecule has 4 rings (SSSR count). The third-order valence-corrected chi connectivity index (χ3v) is 5.06. The van der Waals surface area contributed by atoms with Gasteiger partial charge in [-0.25, -0.2) is 13.6 Å². The lowest BCUT2D eigenvalue weighted by Crippen LogP contribution is -2.50. The number of piperazine rings is 1. The van der Waals surface area contributed by atoms with Crippen LogP contribution in [0.25, 0.3) is 0 Å². The fraction of sp³-hybridized carbons (Fsp3) is 0.421. The maximum atomic E-state index is 13.7. The maximum Gasteiger partial charge on any atom is 0.322 e. The van der Waals surface area contributed by atoms with Gasteiger partial charge in [0, 0.05) is 51.4 Å². The molecule has 0 spiro atoms. The van der Waals surface area contributed by atoms with Gasteiger partial charge in [0.2, 0.25) is 0 Å². The lowest BCUT2D eigenvalue weighted by atomic mass is 10.2. The van der Waals surface area contributed by atoms with E-state index in [1.807, 2.05) is 6.07 Å². The van der Waals surface area contributed by atoms with Crippen molar-refractivity contribution in [2.45, 2.75) is 0 Å². The number of urea groups is 1. The van der Waals surface area contributed by atoms with Crippen LogP contribution in [0, 0.1) is 11.6 Å². The number of amides is 2. The molecule has 2 fully saturated rings. The van der Waals surface area contributed by atoms with Crippen molar-refractivity contribution in [1.29, 1.82) is 0 Å². The number of carbonyl (C=O) groups excluding carboxylic acids is 1. The number of hydrogen-bond acceptors (Lipinski definition) is 6. The average molecular weight is 404 g/mol. The molecular weight excluding hydrogens is 382 g/mol. The van der Waals surface area contributed by atoms with Gasteiger partial charge in [-0.1, -0.05) is 0 Å². The zero-order chi connectivity index (χ0) is 20.2. The number of ether oxygens (including phenoxy) is 1. The van der Waals surface area contributed by atoms with Crippen LogP contribution < -0.4 is 15.1 Å². The molecular formula is C19H22F2N6O2. The fourth-order valence-corrected chi connectivity index (χ4v) is 3.42. The minimum absolute atomic E-state index is 0.161. The van der Waals surface area contributed by atoms with Crippen molar-refractivity contribution in [2.75, 3.05) is 67.6 Å². The molecule has 2 aliphatic rings. The molecule has 1 aromatic heterocycles. The Morgan fingerprint density at radius 1 is 1.00 bits per heavy atom. The number of aromatic nitrogens is 2. The van der Waals surface area contributed by atoms with Crippen molar-refractivity contribution >= 4 is 23.2 Å². The number of hydrogen-bond donors (Lipinski definition) is 1. The van der Waals surface area contributed by atoms with Gasteiger partial charge in [-0.05, 0) is 12.1 Å². The second kappa shape index (κ2) is 8.56. The Labute approximate surface area is 167 Å². The highest BCUT2D eigenvalue weighted by Gasteiger charge is 2.23. The molecule has 0 bridgehead atoms. The monoisotopic (exact) mass is 404 g/mol. The van der Waals surface area contributed by atoms with Crippen molar-refractivity contribution in [2.24, 2.45) is 0 Å². The zero-order valence-corrected chi connectivity index (χ0v) is 15.9. The molecule has 0 radical (unpaired) electrons. The van der Waals surface area contributed by atoms with Crippen LogP contribution in [0.15, 0.2) is 30.5 Å². The van der Waals surface area contributed by atoms with Crippen LogP contribution in [0.2, 0.25) is 0 Å². The fourth-order valence-electron chi connectivity index (χ4n) is 3.42. The molecule has 2 aromatic rings. The van der Waals surface area contributed by atoms with Gasteiger partial charge < -0.3 is 24.8 Å². The number of nitrogens with zero attached hydrogens (tertiary/aromatic N) is 5. The lowest BCUT2D eigenvalue weighted by molar-refractivity contribution is 0.122. The second-order valence-corrected chi connectivity index (χ2v) is 6.90. The minimum Gasteiger partial charge on any atom is -0.378 e. The van der Waals surface area contributed by atoms with Gasteiger partial charge >= 0.3 is 6.03 Å². The number of carbonyl (C=O) groups is 1. The largest absolute Gasteiger partial charge is 0.378 e. The van der Waals surface area contributed by atoms with Crippen LogP contribution >= 0.6 is 0 Å². The first-order valence-corrected chi connectivity index (χ1v) is 9.51. The Morgan fingerprint density at radius 3 is 2.52 bits per heavy atom. The van der Waals surface area contributed by atoms with Crippen molar-refractivity contribution in [3.05, 3.63) is 42.1 Å². The van der Waals surface area contributed by atoms with Crippen LogP contribution in [-0.4, -0.2) is 73.6 Å². The van der Waals surface area contributed by atoms with E-state index in [9.17, 15) is 13.6 Å². The standard InChI is InChI=1S/C19H22F2N6O2/c20-14-1-2-16(21)17(11-14)23-19(28)27-5-3-25(4-6-27)15-12-18(24-22-13-15)26-7-9-29-10-8-26/h1-2,11-13H,3-10H2,(H,23,28). The van der Waals surface area contributed by atoms with Crippen molar-refractivity contribution < 1.29 is 18.3 Å². The van der Waals surface area contributed by atoms with E-state index >= 15 is 0 Å². The van der Waals surface area contributed by atoms with Crippen LogP contribution in [-0.2, 0) is 4.74 Å². The highest BCUT2D eigenvalue weighted by atomic mass is 19.1. The zero-order valence-electron chi connectivity index (χ0n) is 15.9. The van der Waals surface area contributed by atoms with E-state index < -0.39 is 17.7 Å². The summed E-state index contributed by atoms with van der Waals surface area (Å²) in [5.74, 6) is -0.461. The summed E-state index contributed by atoms with van der Waals surface area (Å²) in [6.45, 7) is 5.03. The van der Waals surface area contributed by atoms with Gasteiger partial charge in [-0.2, -0.15) is 5.10 Å². The van der Waals surface area contributed by atoms with Gasteiger partial charge in [-0.15, -0.1) is 5.10 Å². The van der Waals surface area contributed by atoms with Gasteiger partial charge in [0.05, 0.1) is 30.8 Å². The Morgan fingerprint density at radius 2 is 1.76 bits per heavy atom. The summed E-state index contributed by atoms with van der Waals surface area (Å²) in [5, 5.41) is 10.8. The summed E-state index contributed by atoms with van der Waals surface area (Å²) < 4.78 is 32.4.